The third kappa shape index (κ3) is 2.93. The number of rotatable bonds is 4. The molecule has 1 rings (SSSR count). The van der Waals surface area contributed by atoms with E-state index in [1.54, 1.807) is 0 Å². The Bertz CT molecular complexity index is 512. The van der Waals surface area contributed by atoms with Crippen LogP contribution in [0, 0.1) is 5.82 Å². The fraction of sp³-hybridized carbons (Fsp3) is 0.222. The van der Waals surface area contributed by atoms with Crippen LogP contribution in [0.5, 0.6) is 0 Å². The van der Waals surface area contributed by atoms with Crippen LogP contribution in [0.1, 0.15) is 17.3 Å². The second-order valence-electron chi connectivity index (χ2n) is 3.00. The summed E-state index contributed by atoms with van der Waals surface area (Å²) in [5, 5.41) is 8.77. The fourth-order valence-electron chi connectivity index (χ4n) is 1.03. The Balaban J connectivity index is 3.21. The largest absolute Gasteiger partial charge is 0.478 e. The molecule has 0 saturated carbocycles. The molecule has 7 heteroatoms. The molecule has 0 fully saturated rings. The molecule has 5 nitrogen and oxygen atoms in total. The molecule has 0 aliphatic heterocycles. The Morgan fingerprint density at radius 2 is 2.12 bits per heavy atom. The highest BCUT2D eigenvalue weighted by atomic mass is 32.2. The third-order valence-electron chi connectivity index (χ3n) is 1.86. The lowest BCUT2D eigenvalue weighted by Gasteiger charge is -2.08. The van der Waals surface area contributed by atoms with Gasteiger partial charge in [0.1, 0.15) is 5.82 Å². The van der Waals surface area contributed by atoms with Crippen molar-refractivity contribution in [3.63, 3.8) is 0 Å². The van der Waals surface area contributed by atoms with Gasteiger partial charge in [0.05, 0.1) is 17.0 Å². The van der Waals surface area contributed by atoms with Gasteiger partial charge < -0.3 is 5.11 Å². The number of nitrogens with one attached hydrogen (secondary N) is 1. The first-order chi connectivity index (χ1) is 7.35. The second-order valence-corrected chi connectivity index (χ2v) is 5.01. The summed E-state index contributed by atoms with van der Waals surface area (Å²) in [4.78, 5) is 10.7. The fourth-order valence-corrected chi connectivity index (χ4v) is 1.68. The van der Waals surface area contributed by atoms with Crippen LogP contribution in [-0.4, -0.2) is 25.2 Å². The van der Waals surface area contributed by atoms with Gasteiger partial charge in [0, 0.05) is 0 Å². The third-order valence-corrected chi connectivity index (χ3v) is 3.15. The molecule has 0 saturated heterocycles. The number of carboxylic acid groups (broad SMARTS) is 1. The van der Waals surface area contributed by atoms with Crippen molar-refractivity contribution in [2.45, 2.75) is 6.92 Å². The predicted octanol–water partition coefficient (Wildman–Crippen LogP) is 1.29. The molecule has 1 aromatic carbocycles. The number of carbonyl (C=O) groups is 1. The van der Waals surface area contributed by atoms with Crippen molar-refractivity contribution in [2.75, 3.05) is 10.5 Å². The van der Waals surface area contributed by atoms with Crippen LogP contribution in [0.15, 0.2) is 18.2 Å². The summed E-state index contributed by atoms with van der Waals surface area (Å²) in [6.45, 7) is 1.39. The van der Waals surface area contributed by atoms with E-state index in [4.69, 9.17) is 5.11 Å². The molecule has 88 valence electrons. The van der Waals surface area contributed by atoms with Gasteiger partial charge >= 0.3 is 5.97 Å². The average Bonchev–Trinajstić information content (AvgIpc) is 2.16. The van der Waals surface area contributed by atoms with E-state index in [1.807, 2.05) is 4.72 Å². The number of aromatic carboxylic acids is 1. The molecule has 16 heavy (non-hydrogen) atoms. The van der Waals surface area contributed by atoms with E-state index in [2.05, 4.69) is 0 Å². The van der Waals surface area contributed by atoms with Crippen LogP contribution in [-0.2, 0) is 10.0 Å². The summed E-state index contributed by atoms with van der Waals surface area (Å²) in [5.74, 6) is -2.25. The van der Waals surface area contributed by atoms with Crippen LogP contribution in [0.3, 0.4) is 0 Å². The Kier molecular flexibility index (Phi) is 3.48. The highest BCUT2D eigenvalue weighted by Crippen LogP contribution is 2.18. The Hall–Kier alpha value is -1.63. The van der Waals surface area contributed by atoms with Crippen molar-refractivity contribution >= 4 is 21.7 Å². The monoisotopic (exact) mass is 247 g/mol. The van der Waals surface area contributed by atoms with Gasteiger partial charge in [0.15, 0.2) is 0 Å². The number of carboxylic acids is 1. The van der Waals surface area contributed by atoms with Crippen molar-refractivity contribution < 1.29 is 22.7 Å². The molecule has 0 atom stereocenters. The minimum absolute atomic E-state index is 0.220. The molecule has 0 aliphatic rings. The smallest absolute Gasteiger partial charge is 0.337 e. The van der Waals surface area contributed by atoms with Crippen LogP contribution >= 0.6 is 0 Å². The van der Waals surface area contributed by atoms with Gasteiger partial charge in [0.2, 0.25) is 10.0 Å². The molecule has 0 spiro atoms. The Morgan fingerprint density at radius 1 is 1.50 bits per heavy atom. The summed E-state index contributed by atoms with van der Waals surface area (Å²) in [5.41, 5.74) is -0.562. The molecule has 2 N–H and O–H groups in total. The maximum absolute atomic E-state index is 12.9. The van der Waals surface area contributed by atoms with E-state index in [-0.39, 0.29) is 17.0 Å². The average molecular weight is 247 g/mol. The highest BCUT2D eigenvalue weighted by molar-refractivity contribution is 7.92. The minimum atomic E-state index is -3.63. The van der Waals surface area contributed by atoms with Crippen LogP contribution in [0.2, 0.25) is 0 Å². The maximum Gasteiger partial charge on any atom is 0.337 e. The first-order valence-electron chi connectivity index (χ1n) is 4.39. The maximum atomic E-state index is 12.9. The van der Waals surface area contributed by atoms with Crippen LogP contribution in [0.4, 0.5) is 10.1 Å². The van der Waals surface area contributed by atoms with E-state index in [0.29, 0.717) is 0 Å². The summed E-state index contributed by atoms with van der Waals surface area (Å²) >= 11 is 0. The van der Waals surface area contributed by atoms with Crippen molar-refractivity contribution in [1.29, 1.82) is 0 Å². The Labute approximate surface area is 92.0 Å². The minimum Gasteiger partial charge on any atom is -0.478 e. The zero-order valence-corrected chi connectivity index (χ0v) is 9.21. The quantitative estimate of drug-likeness (QED) is 0.839. The van der Waals surface area contributed by atoms with Crippen LogP contribution < -0.4 is 4.72 Å². The van der Waals surface area contributed by atoms with Crippen molar-refractivity contribution in [2.24, 2.45) is 0 Å². The van der Waals surface area contributed by atoms with Gasteiger partial charge in [-0.25, -0.2) is 17.6 Å². The lowest BCUT2D eigenvalue weighted by molar-refractivity contribution is 0.0698. The SMILES string of the molecule is CCS(=O)(=O)Nc1cc(F)ccc1C(=O)O. The number of hydrogen-bond donors (Lipinski definition) is 2. The van der Waals surface area contributed by atoms with E-state index in [9.17, 15) is 17.6 Å². The van der Waals surface area contributed by atoms with Gasteiger partial charge in [-0.1, -0.05) is 0 Å². The lowest BCUT2D eigenvalue weighted by Crippen LogP contribution is -2.17. The second kappa shape index (κ2) is 4.48. The predicted molar refractivity (Wildman–Crippen MR) is 56.4 cm³/mol. The van der Waals surface area contributed by atoms with Crippen molar-refractivity contribution in [1.82, 2.24) is 0 Å². The normalized spacial score (nSPS) is 11.1. The number of anilines is 1. The zero-order chi connectivity index (χ0) is 12.3. The summed E-state index contributed by atoms with van der Waals surface area (Å²) in [6.07, 6.45) is 0. The van der Waals surface area contributed by atoms with E-state index in [1.165, 1.54) is 6.92 Å². The Morgan fingerprint density at radius 3 is 2.62 bits per heavy atom. The van der Waals surface area contributed by atoms with Gasteiger partial charge in [-0.3, -0.25) is 4.72 Å². The molecule has 0 heterocycles. The molecule has 0 aliphatic carbocycles. The lowest BCUT2D eigenvalue weighted by atomic mass is 10.2. The molecule has 0 aromatic heterocycles. The highest BCUT2D eigenvalue weighted by Gasteiger charge is 2.15. The molecule has 0 amide bonds. The number of hydrogen-bond acceptors (Lipinski definition) is 3. The van der Waals surface area contributed by atoms with E-state index in [0.717, 1.165) is 18.2 Å². The van der Waals surface area contributed by atoms with Gasteiger partial charge in [-0.15, -0.1) is 0 Å². The first-order valence-corrected chi connectivity index (χ1v) is 6.04. The first kappa shape index (κ1) is 12.4. The summed E-state index contributed by atoms with van der Waals surface area (Å²) in [6, 6.07) is 2.79. The molecule has 0 radical (unpaired) electrons. The topological polar surface area (TPSA) is 83.5 Å². The summed E-state index contributed by atoms with van der Waals surface area (Å²) in [7, 11) is -3.63. The molecular formula is C9H10FNO4S. The molecule has 1 aromatic rings. The number of halogens is 1. The van der Waals surface area contributed by atoms with Crippen molar-refractivity contribution in [3.8, 4) is 0 Å². The van der Waals surface area contributed by atoms with Gasteiger partial charge in [-0.2, -0.15) is 0 Å². The van der Waals surface area contributed by atoms with Gasteiger partial charge in [-0.05, 0) is 25.1 Å². The summed E-state index contributed by atoms with van der Waals surface area (Å²) < 4.78 is 37.3. The van der Waals surface area contributed by atoms with Crippen molar-refractivity contribution in [3.05, 3.63) is 29.6 Å². The number of sulfonamides is 1. The van der Waals surface area contributed by atoms with E-state index >= 15 is 0 Å². The molecular weight excluding hydrogens is 237 g/mol. The van der Waals surface area contributed by atoms with Crippen LogP contribution in [0.25, 0.3) is 0 Å². The molecule has 0 bridgehead atoms. The molecule has 0 unspecified atom stereocenters. The standard InChI is InChI=1S/C9H10FNO4S/c1-2-16(14,15)11-8-5-6(10)3-4-7(8)9(12)13/h3-5,11H,2H2,1H3,(H,12,13). The van der Waals surface area contributed by atoms with E-state index < -0.39 is 21.8 Å². The zero-order valence-electron chi connectivity index (χ0n) is 8.40. The van der Waals surface area contributed by atoms with Gasteiger partial charge in [0.25, 0.3) is 0 Å². The number of benzene rings is 1.